The van der Waals surface area contributed by atoms with Crippen LogP contribution in [0, 0.1) is 0 Å². The predicted molar refractivity (Wildman–Crippen MR) is 120 cm³/mol. The number of hydrogen-bond acceptors (Lipinski definition) is 9. The van der Waals surface area contributed by atoms with Crippen LogP contribution in [0.2, 0.25) is 0 Å². The second kappa shape index (κ2) is 8.12. The number of piperazine rings is 1. The maximum absolute atomic E-state index is 9.04. The number of nitrogens with zero attached hydrogens (tertiary/aromatic N) is 8. The highest BCUT2D eigenvalue weighted by Gasteiger charge is 2.16. The quantitative estimate of drug-likeness (QED) is 0.298. The van der Waals surface area contributed by atoms with E-state index in [1.807, 2.05) is 18.3 Å². The van der Waals surface area contributed by atoms with E-state index in [4.69, 9.17) is 5.21 Å². The SMILES string of the molecule is C/C(=N\O)c1ccc2nnc(Sc3ccc4ncc(N5CCN(C)CC5)cc4c3)n2n1. The smallest absolute Gasteiger partial charge is 0.217 e. The van der Waals surface area contributed by atoms with Crippen LogP contribution in [0.3, 0.4) is 0 Å². The van der Waals surface area contributed by atoms with Crippen LogP contribution in [-0.2, 0) is 0 Å². The molecule has 0 unspecified atom stereocenters. The Bertz CT molecular complexity index is 1280. The van der Waals surface area contributed by atoms with E-state index in [9.17, 15) is 0 Å². The van der Waals surface area contributed by atoms with Gasteiger partial charge in [0.15, 0.2) is 5.65 Å². The fraction of sp³-hybridized carbons (Fsp3) is 0.286. The van der Waals surface area contributed by atoms with E-state index in [0.29, 0.717) is 22.2 Å². The van der Waals surface area contributed by atoms with Gasteiger partial charge in [-0.05, 0) is 62.1 Å². The van der Waals surface area contributed by atoms with Crippen LogP contribution in [0.4, 0.5) is 5.69 Å². The van der Waals surface area contributed by atoms with Gasteiger partial charge in [0.05, 0.1) is 17.4 Å². The molecular formula is C21H22N8OS. The van der Waals surface area contributed by atoms with Crippen molar-refractivity contribution >= 4 is 39.7 Å². The number of fused-ring (bicyclic) bond motifs is 2. The lowest BCUT2D eigenvalue weighted by molar-refractivity contribution is 0.313. The Morgan fingerprint density at radius 1 is 1.06 bits per heavy atom. The molecule has 1 aromatic carbocycles. The summed E-state index contributed by atoms with van der Waals surface area (Å²) in [5, 5.41) is 27.0. The summed E-state index contributed by atoms with van der Waals surface area (Å²) >= 11 is 1.48. The van der Waals surface area contributed by atoms with E-state index in [1.165, 1.54) is 11.8 Å². The molecule has 4 heterocycles. The first-order chi connectivity index (χ1) is 15.1. The van der Waals surface area contributed by atoms with Gasteiger partial charge in [0.25, 0.3) is 0 Å². The Labute approximate surface area is 183 Å². The number of rotatable bonds is 4. The average Bonchev–Trinajstić information content (AvgIpc) is 3.20. The van der Waals surface area contributed by atoms with Crippen molar-refractivity contribution < 1.29 is 5.21 Å². The lowest BCUT2D eigenvalue weighted by Crippen LogP contribution is -2.44. The number of anilines is 1. The molecule has 158 valence electrons. The molecule has 31 heavy (non-hydrogen) atoms. The second-order valence-electron chi connectivity index (χ2n) is 7.60. The van der Waals surface area contributed by atoms with E-state index in [-0.39, 0.29) is 0 Å². The number of aromatic nitrogens is 5. The number of likely N-dealkylation sites (N-methyl/N-ethyl adjacent to an activating group) is 1. The van der Waals surface area contributed by atoms with Crippen molar-refractivity contribution in [3.8, 4) is 0 Å². The fourth-order valence-electron chi connectivity index (χ4n) is 3.58. The first kappa shape index (κ1) is 19.7. The van der Waals surface area contributed by atoms with Crippen molar-refractivity contribution in [3.05, 3.63) is 48.3 Å². The van der Waals surface area contributed by atoms with E-state index < -0.39 is 0 Å². The molecule has 0 spiro atoms. The molecule has 0 aliphatic carbocycles. The number of oxime groups is 1. The van der Waals surface area contributed by atoms with Crippen LogP contribution >= 0.6 is 11.8 Å². The van der Waals surface area contributed by atoms with Crippen LogP contribution in [0.5, 0.6) is 0 Å². The van der Waals surface area contributed by atoms with Gasteiger partial charge in [-0.25, -0.2) is 0 Å². The van der Waals surface area contributed by atoms with Gasteiger partial charge in [0.2, 0.25) is 5.16 Å². The van der Waals surface area contributed by atoms with Crippen molar-refractivity contribution in [2.75, 3.05) is 38.1 Å². The van der Waals surface area contributed by atoms with Crippen LogP contribution in [0.1, 0.15) is 12.6 Å². The number of pyridine rings is 1. The molecule has 0 bridgehead atoms. The zero-order chi connectivity index (χ0) is 21.4. The number of hydrogen-bond donors (Lipinski definition) is 1. The standard InChI is InChI=1S/C21H22N8OS/c1-14(26-30)18-5-6-20-23-24-21(29(20)25-18)31-17-3-4-19-15(12-17)11-16(13-22-19)28-9-7-27(2)8-10-28/h3-6,11-13,30H,7-10H2,1-2H3/b26-14+. The second-order valence-corrected chi connectivity index (χ2v) is 8.64. The van der Waals surface area contributed by atoms with Gasteiger partial charge in [0.1, 0.15) is 11.4 Å². The Hall–Kier alpha value is -3.24. The first-order valence-corrected chi connectivity index (χ1v) is 10.8. The van der Waals surface area contributed by atoms with E-state index in [2.05, 4.69) is 54.4 Å². The van der Waals surface area contributed by atoms with E-state index in [1.54, 1.807) is 23.6 Å². The summed E-state index contributed by atoms with van der Waals surface area (Å²) < 4.78 is 1.66. The van der Waals surface area contributed by atoms with Gasteiger partial charge in [-0.2, -0.15) is 9.61 Å². The molecule has 0 amide bonds. The molecule has 0 atom stereocenters. The van der Waals surface area contributed by atoms with Gasteiger partial charge in [-0.15, -0.1) is 10.2 Å². The predicted octanol–water partition coefficient (Wildman–Crippen LogP) is 2.77. The van der Waals surface area contributed by atoms with Crippen molar-refractivity contribution in [1.29, 1.82) is 0 Å². The van der Waals surface area contributed by atoms with Gasteiger partial charge < -0.3 is 15.0 Å². The Kier molecular flexibility index (Phi) is 5.16. The summed E-state index contributed by atoms with van der Waals surface area (Å²) in [5.74, 6) is 0. The van der Waals surface area contributed by atoms with Crippen LogP contribution in [0.15, 0.2) is 57.8 Å². The van der Waals surface area contributed by atoms with Gasteiger partial charge >= 0.3 is 0 Å². The van der Waals surface area contributed by atoms with Crippen molar-refractivity contribution in [2.45, 2.75) is 17.0 Å². The Morgan fingerprint density at radius 2 is 1.90 bits per heavy atom. The summed E-state index contributed by atoms with van der Waals surface area (Å²) in [7, 11) is 2.16. The van der Waals surface area contributed by atoms with E-state index >= 15 is 0 Å². The zero-order valence-corrected chi connectivity index (χ0v) is 18.1. The van der Waals surface area contributed by atoms with Gasteiger partial charge in [-0.1, -0.05) is 5.16 Å². The molecule has 0 radical (unpaired) electrons. The van der Waals surface area contributed by atoms with Gasteiger partial charge in [-0.3, -0.25) is 4.98 Å². The molecule has 9 nitrogen and oxygen atoms in total. The summed E-state index contributed by atoms with van der Waals surface area (Å²) in [6.07, 6.45) is 1.96. The average molecular weight is 435 g/mol. The third-order valence-electron chi connectivity index (χ3n) is 5.47. The van der Waals surface area contributed by atoms with Crippen LogP contribution in [-0.4, -0.2) is 73.8 Å². The molecule has 1 aliphatic heterocycles. The maximum atomic E-state index is 9.04. The summed E-state index contributed by atoms with van der Waals surface area (Å²) in [6.45, 7) is 5.83. The summed E-state index contributed by atoms with van der Waals surface area (Å²) in [6, 6.07) is 11.9. The largest absolute Gasteiger partial charge is 0.411 e. The molecule has 4 aromatic rings. The third-order valence-corrected chi connectivity index (χ3v) is 6.40. The molecule has 5 rings (SSSR count). The molecule has 0 saturated carbocycles. The van der Waals surface area contributed by atoms with Crippen molar-refractivity contribution in [2.24, 2.45) is 5.16 Å². The van der Waals surface area contributed by atoms with Gasteiger partial charge in [0, 0.05) is 36.5 Å². The molecule has 1 N–H and O–H groups in total. The molecule has 1 saturated heterocycles. The normalized spacial score (nSPS) is 15.8. The summed E-state index contributed by atoms with van der Waals surface area (Å²) in [5.41, 5.74) is 3.75. The molecule has 3 aromatic heterocycles. The lowest BCUT2D eigenvalue weighted by atomic mass is 10.2. The number of benzene rings is 1. The molecule has 1 aliphatic rings. The molecular weight excluding hydrogens is 412 g/mol. The molecule has 10 heteroatoms. The molecule has 1 fully saturated rings. The minimum absolute atomic E-state index is 0.430. The highest BCUT2D eigenvalue weighted by atomic mass is 32.2. The lowest BCUT2D eigenvalue weighted by Gasteiger charge is -2.33. The monoisotopic (exact) mass is 434 g/mol. The first-order valence-electron chi connectivity index (χ1n) is 10.0. The van der Waals surface area contributed by atoms with Crippen LogP contribution in [0.25, 0.3) is 16.6 Å². The topological polar surface area (TPSA) is 95.0 Å². The van der Waals surface area contributed by atoms with Crippen LogP contribution < -0.4 is 4.90 Å². The fourth-order valence-corrected chi connectivity index (χ4v) is 4.42. The highest BCUT2D eigenvalue weighted by Crippen LogP contribution is 2.30. The minimum atomic E-state index is 0.430. The Morgan fingerprint density at radius 3 is 2.71 bits per heavy atom. The van der Waals surface area contributed by atoms with E-state index in [0.717, 1.165) is 47.7 Å². The Balaban J connectivity index is 1.45. The van der Waals surface area contributed by atoms with Crippen molar-refractivity contribution in [3.63, 3.8) is 0 Å². The zero-order valence-electron chi connectivity index (χ0n) is 17.3. The maximum Gasteiger partial charge on any atom is 0.217 e. The summed E-state index contributed by atoms with van der Waals surface area (Å²) in [4.78, 5) is 10.4. The third kappa shape index (κ3) is 3.91. The minimum Gasteiger partial charge on any atom is -0.411 e. The highest BCUT2D eigenvalue weighted by molar-refractivity contribution is 7.99. The van der Waals surface area contributed by atoms with Crippen molar-refractivity contribution in [1.82, 2.24) is 29.7 Å².